The summed E-state index contributed by atoms with van der Waals surface area (Å²) in [5, 5.41) is 3.14. The Morgan fingerprint density at radius 3 is 2.55 bits per heavy atom. The van der Waals surface area contributed by atoms with Gasteiger partial charge in [-0.25, -0.2) is 0 Å². The van der Waals surface area contributed by atoms with Crippen LogP contribution in [0, 0.1) is 0 Å². The van der Waals surface area contributed by atoms with Crippen molar-refractivity contribution in [3.05, 3.63) is 28.8 Å². The van der Waals surface area contributed by atoms with Crippen LogP contribution in [0.3, 0.4) is 0 Å². The lowest BCUT2D eigenvalue weighted by atomic mass is 9.87. The van der Waals surface area contributed by atoms with Crippen molar-refractivity contribution < 1.29 is 15.0 Å². The molecule has 0 bridgehead atoms. The highest BCUT2D eigenvalue weighted by atomic mass is 35.5. The number of nitrogens with two attached hydrogens (primary N) is 1. The summed E-state index contributed by atoms with van der Waals surface area (Å²) < 4.78 is 5.85. The third kappa shape index (κ3) is 5.45. The number of piperazine rings is 1. The molecule has 0 aliphatic carbocycles. The van der Waals surface area contributed by atoms with Gasteiger partial charge >= 0.3 is 0 Å². The van der Waals surface area contributed by atoms with E-state index in [0.717, 1.165) is 23.8 Å². The average molecular weight is 327 g/mol. The van der Waals surface area contributed by atoms with Gasteiger partial charge in [0.2, 0.25) is 0 Å². The molecule has 1 heterocycles. The molecule has 0 unspecified atom stereocenters. The zero-order valence-corrected chi connectivity index (χ0v) is 15.0. The van der Waals surface area contributed by atoms with Crippen LogP contribution in [0.25, 0.3) is 0 Å². The predicted octanol–water partition coefficient (Wildman–Crippen LogP) is 1.26. The fourth-order valence-electron chi connectivity index (χ4n) is 2.88. The second-order valence-electron chi connectivity index (χ2n) is 7.32. The molecule has 1 aromatic rings. The van der Waals surface area contributed by atoms with E-state index in [-0.39, 0.29) is 5.41 Å². The summed E-state index contributed by atoms with van der Waals surface area (Å²) in [6.45, 7) is 13.8. The maximum absolute atomic E-state index is 6.34. The molecule has 0 radical (unpaired) electrons. The van der Waals surface area contributed by atoms with Crippen LogP contribution in [0.5, 0.6) is 5.75 Å². The summed E-state index contributed by atoms with van der Waals surface area (Å²) in [4.78, 5) is 1.75. The molecule has 0 atom stereocenters. The van der Waals surface area contributed by atoms with Crippen LogP contribution in [0.1, 0.15) is 39.2 Å². The fourth-order valence-corrected chi connectivity index (χ4v) is 3.11. The largest absolute Gasteiger partial charge is 0.492 e. The molecule has 1 aromatic carbocycles. The van der Waals surface area contributed by atoms with Crippen LogP contribution < -0.4 is 15.0 Å². The van der Waals surface area contributed by atoms with Crippen molar-refractivity contribution in [2.45, 2.75) is 39.0 Å². The Hall–Kier alpha value is -0.770. The van der Waals surface area contributed by atoms with Gasteiger partial charge in [-0.1, -0.05) is 38.4 Å². The molecule has 4 heteroatoms. The van der Waals surface area contributed by atoms with Crippen LogP contribution in [-0.4, -0.2) is 39.3 Å². The average Bonchev–Trinajstić information content (AvgIpc) is 2.48. The van der Waals surface area contributed by atoms with Gasteiger partial charge in [-0.05, 0) is 36.0 Å². The number of ether oxygens (including phenoxy) is 1. The molecule has 2 rings (SSSR count). The van der Waals surface area contributed by atoms with Crippen molar-refractivity contribution in [3.8, 4) is 5.75 Å². The first-order valence-corrected chi connectivity index (χ1v) is 8.92. The minimum absolute atomic E-state index is 0.122. The summed E-state index contributed by atoms with van der Waals surface area (Å²) >= 11 is 6.34. The zero-order chi connectivity index (χ0) is 16.0. The van der Waals surface area contributed by atoms with E-state index in [0.29, 0.717) is 0 Å². The standard InChI is InChI=1S/C18H29ClN2O/c1-18(2,3)15-6-7-17(16(19)14-15)22-13-5-4-10-21-11-8-20-9-12-21/h6-7,14,20H,4-5,8-13H2,1-3H3/p+2. The van der Waals surface area contributed by atoms with E-state index in [9.17, 15) is 0 Å². The number of nitrogens with one attached hydrogen (secondary N) is 1. The number of rotatable bonds is 6. The predicted molar refractivity (Wildman–Crippen MR) is 92.1 cm³/mol. The van der Waals surface area contributed by atoms with Gasteiger partial charge in [0.1, 0.15) is 31.9 Å². The lowest BCUT2D eigenvalue weighted by Gasteiger charge is -2.22. The normalized spacial score (nSPS) is 16.7. The number of halogens is 1. The Kier molecular flexibility index (Phi) is 6.54. The van der Waals surface area contributed by atoms with E-state index in [4.69, 9.17) is 16.3 Å². The molecule has 0 amide bonds. The van der Waals surface area contributed by atoms with E-state index in [1.165, 1.54) is 44.7 Å². The molecule has 0 spiro atoms. The third-order valence-electron chi connectivity index (χ3n) is 4.38. The van der Waals surface area contributed by atoms with E-state index in [2.05, 4.69) is 32.2 Å². The zero-order valence-electron chi connectivity index (χ0n) is 14.3. The van der Waals surface area contributed by atoms with Gasteiger partial charge in [0.05, 0.1) is 18.2 Å². The minimum Gasteiger partial charge on any atom is -0.492 e. The summed E-state index contributed by atoms with van der Waals surface area (Å²) in [7, 11) is 0. The van der Waals surface area contributed by atoms with Gasteiger partial charge in [-0.3, -0.25) is 0 Å². The molecule has 3 nitrogen and oxygen atoms in total. The van der Waals surface area contributed by atoms with Crippen LogP contribution >= 0.6 is 11.6 Å². The van der Waals surface area contributed by atoms with Crippen LogP contribution in [-0.2, 0) is 5.41 Å². The Labute approximate surface area is 140 Å². The Balaban J connectivity index is 1.70. The fraction of sp³-hybridized carbons (Fsp3) is 0.667. The summed E-state index contributed by atoms with van der Waals surface area (Å²) in [6.07, 6.45) is 2.33. The quantitative estimate of drug-likeness (QED) is 0.757. The SMILES string of the molecule is CC(C)(C)c1ccc(OCCCC[NH+]2CC[NH2+]CC2)c(Cl)c1. The van der Waals surface area contributed by atoms with Gasteiger partial charge in [0, 0.05) is 0 Å². The van der Waals surface area contributed by atoms with Crippen LogP contribution in [0.15, 0.2) is 18.2 Å². The van der Waals surface area contributed by atoms with E-state index >= 15 is 0 Å². The highest BCUT2D eigenvalue weighted by Gasteiger charge is 2.16. The topological polar surface area (TPSA) is 30.3 Å². The van der Waals surface area contributed by atoms with E-state index in [1.807, 2.05) is 12.1 Å². The second kappa shape index (κ2) is 8.19. The van der Waals surface area contributed by atoms with Crippen molar-refractivity contribution in [2.75, 3.05) is 39.3 Å². The molecule has 22 heavy (non-hydrogen) atoms. The summed E-state index contributed by atoms with van der Waals surface area (Å²) in [5.41, 5.74) is 1.37. The second-order valence-corrected chi connectivity index (χ2v) is 7.72. The molecule has 3 N–H and O–H groups in total. The van der Waals surface area contributed by atoms with Crippen molar-refractivity contribution in [3.63, 3.8) is 0 Å². The number of quaternary nitrogens is 2. The first-order valence-electron chi connectivity index (χ1n) is 8.55. The number of unbranched alkanes of at least 4 members (excludes halogenated alkanes) is 1. The van der Waals surface area contributed by atoms with Gasteiger partial charge < -0.3 is 15.0 Å². The van der Waals surface area contributed by atoms with Gasteiger partial charge in [-0.2, -0.15) is 0 Å². The Morgan fingerprint density at radius 1 is 1.18 bits per heavy atom. The molecule has 0 aromatic heterocycles. The van der Waals surface area contributed by atoms with Gasteiger partial charge in [0.25, 0.3) is 0 Å². The monoisotopic (exact) mass is 326 g/mol. The molecule has 124 valence electrons. The van der Waals surface area contributed by atoms with Gasteiger partial charge in [0.15, 0.2) is 0 Å². The lowest BCUT2D eigenvalue weighted by molar-refractivity contribution is -0.946. The highest BCUT2D eigenvalue weighted by Crippen LogP contribution is 2.31. The number of benzene rings is 1. The molecule has 1 saturated heterocycles. The van der Waals surface area contributed by atoms with Crippen LogP contribution in [0.4, 0.5) is 0 Å². The maximum atomic E-state index is 6.34. The first kappa shape index (κ1) is 17.6. The van der Waals surface area contributed by atoms with Crippen molar-refractivity contribution >= 4 is 11.6 Å². The van der Waals surface area contributed by atoms with E-state index < -0.39 is 0 Å². The molecular weight excluding hydrogens is 296 g/mol. The van der Waals surface area contributed by atoms with Crippen molar-refractivity contribution in [2.24, 2.45) is 0 Å². The summed E-state index contributed by atoms with van der Waals surface area (Å²) in [5.74, 6) is 0.814. The van der Waals surface area contributed by atoms with Gasteiger partial charge in [-0.15, -0.1) is 0 Å². The Bertz CT molecular complexity index is 465. The highest BCUT2D eigenvalue weighted by molar-refractivity contribution is 6.32. The maximum Gasteiger partial charge on any atom is 0.137 e. The Morgan fingerprint density at radius 2 is 1.91 bits per heavy atom. The molecule has 1 aliphatic rings. The minimum atomic E-state index is 0.122. The van der Waals surface area contributed by atoms with Crippen molar-refractivity contribution in [1.82, 2.24) is 0 Å². The van der Waals surface area contributed by atoms with Crippen molar-refractivity contribution in [1.29, 1.82) is 0 Å². The molecule has 0 saturated carbocycles. The molecule has 1 aliphatic heterocycles. The molecular formula is C18H31ClN2O+2. The third-order valence-corrected chi connectivity index (χ3v) is 4.68. The van der Waals surface area contributed by atoms with Crippen LogP contribution in [0.2, 0.25) is 5.02 Å². The number of hydrogen-bond acceptors (Lipinski definition) is 1. The lowest BCUT2D eigenvalue weighted by Crippen LogP contribution is -3.20. The molecule has 1 fully saturated rings. The smallest absolute Gasteiger partial charge is 0.137 e. The summed E-state index contributed by atoms with van der Waals surface area (Å²) in [6, 6.07) is 6.16. The number of hydrogen-bond donors (Lipinski definition) is 2. The van der Waals surface area contributed by atoms with E-state index in [1.54, 1.807) is 4.90 Å². The first-order chi connectivity index (χ1) is 10.5.